The van der Waals surface area contributed by atoms with E-state index in [0.29, 0.717) is 16.3 Å². The highest BCUT2D eigenvalue weighted by atomic mass is 35.5. The minimum absolute atomic E-state index is 0.132. The van der Waals surface area contributed by atoms with E-state index in [9.17, 15) is 9.59 Å². The molecule has 0 fully saturated rings. The van der Waals surface area contributed by atoms with Gasteiger partial charge in [0.1, 0.15) is 0 Å². The molecule has 0 spiro atoms. The molecule has 3 aromatic carbocycles. The number of rotatable bonds is 5. The number of ether oxygens (including phenoxy) is 1. The summed E-state index contributed by atoms with van der Waals surface area (Å²) >= 11 is 6.55. The summed E-state index contributed by atoms with van der Waals surface area (Å²) in [6.45, 7) is 0. The number of nitrogens with one attached hydrogen (secondary N) is 1. The van der Waals surface area contributed by atoms with E-state index in [-0.39, 0.29) is 12.3 Å². The molecule has 1 N–H and O–H groups in total. The number of fused-ring (bicyclic) bond motifs is 1. The number of methoxy groups -OCH3 is 1. The van der Waals surface area contributed by atoms with Crippen LogP contribution in [0, 0.1) is 0 Å². The number of hydrogen-bond donors (Lipinski definition) is 1. The van der Waals surface area contributed by atoms with Crippen LogP contribution in [0.25, 0.3) is 22.0 Å². The van der Waals surface area contributed by atoms with Crippen LogP contribution >= 0.6 is 11.6 Å². The molecule has 0 aliphatic rings. The number of anilines is 1. The maximum atomic E-state index is 12.6. The highest BCUT2D eigenvalue weighted by molar-refractivity contribution is 6.33. The zero-order valence-electron chi connectivity index (χ0n) is 17.2. The number of para-hydroxylation sites is 1. The highest BCUT2D eigenvalue weighted by Crippen LogP contribution is 2.31. The predicted molar refractivity (Wildman–Crippen MR) is 123 cm³/mol. The lowest BCUT2D eigenvalue weighted by Crippen LogP contribution is -2.17. The Morgan fingerprint density at radius 3 is 2.61 bits per heavy atom. The fourth-order valence-corrected chi connectivity index (χ4v) is 3.92. The maximum Gasteiger partial charge on any atom is 0.339 e. The summed E-state index contributed by atoms with van der Waals surface area (Å²) in [7, 11) is 3.32. The summed E-state index contributed by atoms with van der Waals surface area (Å²) in [5.41, 5.74) is 4.59. The normalized spacial score (nSPS) is 10.8. The van der Waals surface area contributed by atoms with Crippen LogP contribution in [-0.4, -0.2) is 23.6 Å². The van der Waals surface area contributed by atoms with Gasteiger partial charge in [-0.1, -0.05) is 41.9 Å². The molecule has 0 saturated carbocycles. The zero-order chi connectivity index (χ0) is 22.0. The molecule has 1 aromatic heterocycles. The molecule has 5 nitrogen and oxygen atoms in total. The SMILES string of the molecule is COC(=O)c1ccccc1NC(=O)Cc1ccc(-c2ccc3c(ccn3C)c2)c(Cl)c1. The molecular formula is C25H21ClN2O3. The molecule has 0 radical (unpaired) electrons. The smallest absolute Gasteiger partial charge is 0.339 e. The summed E-state index contributed by atoms with van der Waals surface area (Å²) < 4.78 is 6.84. The maximum absolute atomic E-state index is 12.6. The van der Waals surface area contributed by atoms with Crippen LogP contribution in [-0.2, 0) is 23.0 Å². The molecule has 1 amide bonds. The number of halogens is 1. The molecule has 0 saturated heterocycles. The number of carbonyl (C=O) groups excluding carboxylic acids is 2. The van der Waals surface area contributed by atoms with Crippen molar-refractivity contribution in [2.24, 2.45) is 7.05 Å². The molecule has 0 atom stereocenters. The number of carbonyl (C=O) groups is 2. The van der Waals surface area contributed by atoms with Crippen molar-refractivity contribution in [3.8, 4) is 11.1 Å². The van der Waals surface area contributed by atoms with Crippen LogP contribution in [0.15, 0.2) is 72.9 Å². The van der Waals surface area contributed by atoms with Crippen LogP contribution in [0.3, 0.4) is 0 Å². The van der Waals surface area contributed by atoms with E-state index in [1.165, 1.54) is 7.11 Å². The van der Waals surface area contributed by atoms with Crippen LogP contribution in [0.1, 0.15) is 15.9 Å². The summed E-state index contributed by atoms with van der Waals surface area (Å²) in [6, 6.07) is 20.6. The van der Waals surface area contributed by atoms with Crippen LogP contribution in [0.5, 0.6) is 0 Å². The summed E-state index contributed by atoms with van der Waals surface area (Å²) in [5.74, 6) is -0.746. The molecule has 1 heterocycles. The monoisotopic (exact) mass is 432 g/mol. The van der Waals surface area contributed by atoms with Gasteiger partial charge in [0.25, 0.3) is 0 Å². The van der Waals surface area contributed by atoms with Crippen molar-refractivity contribution < 1.29 is 14.3 Å². The third kappa shape index (κ3) is 4.32. The largest absolute Gasteiger partial charge is 0.465 e. The van der Waals surface area contributed by atoms with E-state index in [0.717, 1.165) is 27.6 Å². The number of hydrogen-bond acceptors (Lipinski definition) is 3. The average Bonchev–Trinajstić information content (AvgIpc) is 3.13. The van der Waals surface area contributed by atoms with Gasteiger partial charge in [-0.15, -0.1) is 0 Å². The fraction of sp³-hybridized carbons (Fsp3) is 0.120. The molecular weight excluding hydrogens is 412 g/mol. The van der Waals surface area contributed by atoms with Gasteiger partial charge in [0.05, 0.1) is 24.8 Å². The van der Waals surface area contributed by atoms with E-state index in [1.807, 2.05) is 31.4 Å². The number of esters is 1. The number of benzene rings is 3. The van der Waals surface area contributed by atoms with Crippen LogP contribution in [0.2, 0.25) is 5.02 Å². The second kappa shape index (κ2) is 8.66. The van der Waals surface area contributed by atoms with Crippen molar-refractivity contribution in [1.29, 1.82) is 0 Å². The number of aryl methyl sites for hydroxylation is 1. The first-order valence-corrected chi connectivity index (χ1v) is 10.1. The number of aromatic nitrogens is 1. The van der Waals surface area contributed by atoms with Crippen molar-refractivity contribution in [2.75, 3.05) is 12.4 Å². The van der Waals surface area contributed by atoms with Gasteiger partial charge in [0, 0.05) is 34.7 Å². The Labute approximate surface area is 185 Å². The quantitative estimate of drug-likeness (QED) is 0.425. The summed E-state index contributed by atoms with van der Waals surface area (Å²) in [5, 5.41) is 4.50. The van der Waals surface area contributed by atoms with Gasteiger partial charge in [0.2, 0.25) is 5.91 Å². The van der Waals surface area contributed by atoms with E-state index in [1.54, 1.807) is 30.3 Å². The van der Waals surface area contributed by atoms with Crippen molar-refractivity contribution in [1.82, 2.24) is 4.57 Å². The zero-order valence-corrected chi connectivity index (χ0v) is 17.9. The van der Waals surface area contributed by atoms with Crippen LogP contribution < -0.4 is 5.32 Å². The lowest BCUT2D eigenvalue weighted by molar-refractivity contribution is -0.115. The Hall–Kier alpha value is -3.57. The summed E-state index contributed by atoms with van der Waals surface area (Å²) in [6.07, 6.45) is 2.16. The molecule has 31 heavy (non-hydrogen) atoms. The predicted octanol–water partition coefficient (Wildman–Crippen LogP) is 5.47. The Morgan fingerprint density at radius 1 is 1.03 bits per heavy atom. The van der Waals surface area contributed by atoms with Crippen molar-refractivity contribution >= 4 is 40.1 Å². The van der Waals surface area contributed by atoms with Gasteiger partial charge in [-0.3, -0.25) is 4.79 Å². The summed E-state index contributed by atoms with van der Waals surface area (Å²) in [4.78, 5) is 24.4. The first kappa shape index (κ1) is 20.7. The van der Waals surface area contributed by atoms with E-state index >= 15 is 0 Å². The van der Waals surface area contributed by atoms with E-state index in [4.69, 9.17) is 16.3 Å². The van der Waals surface area contributed by atoms with Gasteiger partial charge in [-0.25, -0.2) is 4.79 Å². The third-order valence-corrected chi connectivity index (χ3v) is 5.51. The molecule has 4 rings (SSSR count). The van der Waals surface area contributed by atoms with Crippen molar-refractivity contribution in [3.05, 3.63) is 89.1 Å². The molecule has 156 valence electrons. The van der Waals surface area contributed by atoms with Crippen molar-refractivity contribution in [2.45, 2.75) is 6.42 Å². The minimum atomic E-state index is -0.501. The molecule has 6 heteroatoms. The van der Waals surface area contributed by atoms with Crippen LogP contribution in [0.4, 0.5) is 5.69 Å². The van der Waals surface area contributed by atoms with Crippen molar-refractivity contribution in [3.63, 3.8) is 0 Å². The van der Waals surface area contributed by atoms with E-state index < -0.39 is 5.97 Å². The second-order valence-electron chi connectivity index (χ2n) is 7.28. The molecule has 0 aliphatic heterocycles. The second-order valence-corrected chi connectivity index (χ2v) is 7.68. The first-order chi connectivity index (χ1) is 15.0. The standard InChI is InChI=1S/C25H21ClN2O3/c1-28-12-11-18-15-17(8-10-23(18)28)19-9-7-16(13-21(19)26)14-24(29)27-22-6-4-3-5-20(22)25(30)31-2/h3-13,15H,14H2,1-2H3,(H,27,29). The Balaban J connectivity index is 1.52. The average molecular weight is 433 g/mol. The molecule has 0 bridgehead atoms. The molecule has 0 aliphatic carbocycles. The number of amides is 1. The topological polar surface area (TPSA) is 60.3 Å². The lowest BCUT2D eigenvalue weighted by atomic mass is 10.0. The number of nitrogens with zero attached hydrogens (tertiary/aromatic N) is 1. The minimum Gasteiger partial charge on any atom is -0.465 e. The van der Waals surface area contributed by atoms with E-state index in [2.05, 4.69) is 28.1 Å². The van der Waals surface area contributed by atoms with Gasteiger partial charge in [-0.2, -0.15) is 0 Å². The fourth-order valence-electron chi connectivity index (χ4n) is 3.61. The Morgan fingerprint density at radius 2 is 1.84 bits per heavy atom. The van der Waals surface area contributed by atoms with Gasteiger partial charge < -0.3 is 14.6 Å². The van der Waals surface area contributed by atoms with Gasteiger partial charge >= 0.3 is 5.97 Å². The highest BCUT2D eigenvalue weighted by Gasteiger charge is 2.14. The molecule has 0 unspecified atom stereocenters. The van der Waals surface area contributed by atoms with Gasteiger partial charge in [-0.05, 0) is 47.5 Å². The first-order valence-electron chi connectivity index (χ1n) is 9.77. The Kier molecular flexibility index (Phi) is 5.78. The lowest BCUT2D eigenvalue weighted by Gasteiger charge is -2.11. The van der Waals surface area contributed by atoms with Gasteiger partial charge in [0.15, 0.2) is 0 Å². The molecule has 4 aromatic rings. The third-order valence-electron chi connectivity index (χ3n) is 5.20. The Bertz CT molecular complexity index is 1290.